The van der Waals surface area contributed by atoms with Gasteiger partial charge in [-0.3, -0.25) is 0 Å². The zero-order chi connectivity index (χ0) is 15.2. The Hall–Kier alpha value is -1.91. The van der Waals surface area contributed by atoms with Gasteiger partial charge >= 0.3 is 0 Å². The van der Waals surface area contributed by atoms with E-state index in [9.17, 15) is 0 Å². The van der Waals surface area contributed by atoms with Crippen molar-refractivity contribution in [1.82, 2.24) is 0 Å². The standard InChI is InChI=1S/C18H22Si2/c1-7-19(8-2,9-3)17-14-13-15-18(16-17)20(10-4,11-5)12-6/h7-16H,1-6H2. The molecule has 0 nitrogen and oxygen atoms in total. The van der Waals surface area contributed by atoms with Gasteiger partial charge in [0.05, 0.1) is 0 Å². The number of rotatable bonds is 8. The zero-order valence-corrected chi connectivity index (χ0v) is 14.0. The third-order valence-electron chi connectivity index (χ3n) is 3.89. The lowest BCUT2D eigenvalue weighted by molar-refractivity contribution is 1.77. The van der Waals surface area contributed by atoms with Gasteiger partial charge in [-0.2, -0.15) is 0 Å². The topological polar surface area (TPSA) is 0 Å². The van der Waals surface area contributed by atoms with E-state index in [1.54, 1.807) is 0 Å². The van der Waals surface area contributed by atoms with Crippen LogP contribution in [0.1, 0.15) is 0 Å². The molecule has 0 aromatic heterocycles. The third-order valence-corrected chi connectivity index (χ3v) is 10.6. The summed E-state index contributed by atoms with van der Waals surface area (Å²) >= 11 is 0. The van der Waals surface area contributed by atoms with Crippen LogP contribution in [-0.2, 0) is 0 Å². The predicted molar refractivity (Wildman–Crippen MR) is 98.4 cm³/mol. The maximum Gasteiger partial charge on any atom is 0.156 e. The van der Waals surface area contributed by atoms with Crippen molar-refractivity contribution in [3.05, 3.63) is 97.9 Å². The quantitative estimate of drug-likeness (QED) is 0.645. The summed E-state index contributed by atoms with van der Waals surface area (Å²) in [6.07, 6.45) is 0. The molecule has 2 heteroatoms. The molecule has 0 aliphatic heterocycles. The van der Waals surface area contributed by atoms with Crippen LogP contribution in [0.3, 0.4) is 0 Å². The van der Waals surface area contributed by atoms with Crippen LogP contribution in [0.15, 0.2) is 97.9 Å². The number of hydrogen-bond acceptors (Lipinski definition) is 0. The average Bonchev–Trinajstić information content (AvgIpc) is 2.52. The van der Waals surface area contributed by atoms with E-state index in [1.807, 2.05) is 34.2 Å². The summed E-state index contributed by atoms with van der Waals surface area (Å²) in [5.41, 5.74) is 11.9. The van der Waals surface area contributed by atoms with Crippen molar-refractivity contribution in [3.8, 4) is 0 Å². The maximum absolute atomic E-state index is 3.97. The molecule has 102 valence electrons. The molecule has 1 aromatic rings. The first-order valence-electron chi connectivity index (χ1n) is 6.50. The van der Waals surface area contributed by atoms with E-state index in [0.717, 1.165) is 0 Å². The first-order chi connectivity index (χ1) is 9.57. The fourth-order valence-corrected chi connectivity index (χ4v) is 6.40. The van der Waals surface area contributed by atoms with Crippen molar-refractivity contribution in [1.29, 1.82) is 0 Å². The molecule has 20 heavy (non-hydrogen) atoms. The highest BCUT2D eigenvalue weighted by atomic mass is 28.3. The highest BCUT2D eigenvalue weighted by Gasteiger charge is 2.29. The van der Waals surface area contributed by atoms with Gasteiger partial charge in [-0.25, -0.2) is 0 Å². The van der Waals surface area contributed by atoms with Crippen LogP contribution in [0.25, 0.3) is 0 Å². The maximum atomic E-state index is 3.97. The van der Waals surface area contributed by atoms with Gasteiger partial charge < -0.3 is 0 Å². The van der Waals surface area contributed by atoms with Gasteiger partial charge in [-0.1, -0.05) is 58.5 Å². The van der Waals surface area contributed by atoms with Gasteiger partial charge in [0, 0.05) is 0 Å². The Morgan fingerprint density at radius 2 is 0.900 bits per heavy atom. The molecule has 0 aliphatic carbocycles. The van der Waals surface area contributed by atoms with E-state index in [4.69, 9.17) is 0 Å². The largest absolute Gasteiger partial charge is 0.156 e. The predicted octanol–water partition coefficient (Wildman–Crippen LogP) is 3.35. The van der Waals surface area contributed by atoms with Gasteiger partial charge in [-0.15, -0.1) is 39.5 Å². The minimum absolute atomic E-state index is 1.23. The summed E-state index contributed by atoms with van der Waals surface area (Å²) in [6.45, 7) is 23.8. The molecule has 0 radical (unpaired) electrons. The molecule has 1 rings (SSSR count). The lowest BCUT2D eigenvalue weighted by atomic mass is 10.4. The van der Waals surface area contributed by atoms with E-state index in [-0.39, 0.29) is 0 Å². The second kappa shape index (κ2) is 6.50. The van der Waals surface area contributed by atoms with E-state index in [2.05, 4.69) is 63.7 Å². The van der Waals surface area contributed by atoms with Crippen LogP contribution >= 0.6 is 0 Å². The van der Waals surface area contributed by atoms with Gasteiger partial charge in [0.2, 0.25) is 0 Å². The first kappa shape index (κ1) is 16.1. The molecule has 1 aromatic carbocycles. The molecule has 0 fully saturated rings. The molecular weight excluding hydrogens is 272 g/mol. The molecule has 0 amide bonds. The Morgan fingerprint density at radius 3 is 1.15 bits per heavy atom. The normalized spacial score (nSPS) is 11.2. The van der Waals surface area contributed by atoms with Crippen molar-refractivity contribution in [2.45, 2.75) is 0 Å². The van der Waals surface area contributed by atoms with Crippen molar-refractivity contribution < 1.29 is 0 Å². The molecular formula is C18H22Si2. The smallest absolute Gasteiger partial charge is 0.106 e. The molecule has 0 atom stereocenters. The molecule has 0 N–H and O–H groups in total. The summed E-state index contributed by atoms with van der Waals surface area (Å²) < 4.78 is 0. The Kier molecular flexibility index (Phi) is 5.25. The second-order valence-electron chi connectivity index (χ2n) is 4.67. The lowest BCUT2D eigenvalue weighted by Gasteiger charge is -2.25. The van der Waals surface area contributed by atoms with Gasteiger partial charge in [0.25, 0.3) is 0 Å². The van der Waals surface area contributed by atoms with Gasteiger partial charge in [0.1, 0.15) is 0 Å². The zero-order valence-electron chi connectivity index (χ0n) is 12.0. The van der Waals surface area contributed by atoms with Crippen LogP contribution in [0.2, 0.25) is 0 Å². The average molecular weight is 295 g/mol. The van der Waals surface area contributed by atoms with Crippen LogP contribution < -0.4 is 10.4 Å². The van der Waals surface area contributed by atoms with Crippen LogP contribution in [0, 0.1) is 0 Å². The minimum atomic E-state index is -2.03. The van der Waals surface area contributed by atoms with Crippen molar-refractivity contribution in [2.75, 3.05) is 0 Å². The molecule has 0 spiro atoms. The molecule has 0 aliphatic rings. The monoisotopic (exact) mass is 294 g/mol. The minimum Gasteiger partial charge on any atom is -0.106 e. The summed E-state index contributed by atoms with van der Waals surface area (Å²) in [6, 6.07) is 8.53. The Morgan fingerprint density at radius 1 is 0.600 bits per heavy atom. The fraction of sp³-hybridized carbons (Fsp3) is 0. The van der Waals surface area contributed by atoms with E-state index >= 15 is 0 Å². The fourth-order valence-electron chi connectivity index (χ4n) is 2.26. The SMILES string of the molecule is C=C[Si](C=C)(C=C)c1cccc([Si](C=C)(C=C)C=C)c1. The third kappa shape index (κ3) is 2.53. The number of hydrogen-bond donors (Lipinski definition) is 0. The van der Waals surface area contributed by atoms with E-state index in [1.165, 1.54) is 10.4 Å². The second-order valence-corrected chi connectivity index (χ2v) is 12.0. The van der Waals surface area contributed by atoms with Crippen LogP contribution in [0.5, 0.6) is 0 Å². The van der Waals surface area contributed by atoms with Crippen molar-refractivity contribution in [2.24, 2.45) is 0 Å². The molecule has 0 bridgehead atoms. The Bertz CT molecular complexity index is 476. The van der Waals surface area contributed by atoms with Crippen LogP contribution in [-0.4, -0.2) is 16.1 Å². The lowest BCUT2D eigenvalue weighted by Crippen LogP contribution is -2.49. The first-order valence-corrected chi connectivity index (χ1v) is 11.0. The Balaban J connectivity index is 3.54. The summed E-state index contributed by atoms with van der Waals surface area (Å²) in [5, 5.41) is 2.47. The van der Waals surface area contributed by atoms with E-state index < -0.39 is 16.1 Å². The highest BCUT2D eigenvalue weighted by Crippen LogP contribution is 2.11. The Labute approximate surface area is 124 Å². The van der Waals surface area contributed by atoms with Crippen molar-refractivity contribution in [3.63, 3.8) is 0 Å². The van der Waals surface area contributed by atoms with E-state index in [0.29, 0.717) is 0 Å². The summed E-state index contributed by atoms with van der Waals surface area (Å²) in [7, 11) is -4.06. The number of benzene rings is 1. The van der Waals surface area contributed by atoms with Crippen LogP contribution in [0.4, 0.5) is 0 Å². The summed E-state index contributed by atoms with van der Waals surface area (Å²) in [5.74, 6) is 0. The highest BCUT2D eigenvalue weighted by molar-refractivity contribution is 7.05. The van der Waals surface area contributed by atoms with Gasteiger partial charge in [0.15, 0.2) is 16.1 Å². The van der Waals surface area contributed by atoms with Crippen molar-refractivity contribution >= 4 is 26.5 Å². The molecule has 0 unspecified atom stereocenters. The summed E-state index contributed by atoms with van der Waals surface area (Å²) in [4.78, 5) is 0. The molecule has 0 saturated carbocycles. The molecule has 0 heterocycles. The molecule has 0 saturated heterocycles. The van der Waals surface area contributed by atoms with Gasteiger partial charge in [-0.05, 0) is 10.4 Å².